The van der Waals surface area contributed by atoms with Gasteiger partial charge in [-0.25, -0.2) is 18.9 Å². The molecule has 0 atom stereocenters. The van der Waals surface area contributed by atoms with Crippen LogP contribution in [0, 0.1) is 5.82 Å². The molecule has 40 heavy (non-hydrogen) atoms. The molecule has 202 valence electrons. The summed E-state index contributed by atoms with van der Waals surface area (Å²) in [5.41, 5.74) is 5.24. The van der Waals surface area contributed by atoms with Crippen molar-refractivity contribution < 1.29 is 13.9 Å². The van der Waals surface area contributed by atoms with Gasteiger partial charge in [-0.2, -0.15) is 10.2 Å². The van der Waals surface area contributed by atoms with Crippen molar-refractivity contribution in [3.05, 3.63) is 78.0 Å². The van der Waals surface area contributed by atoms with Crippen molar-refractivity contribution in [1.29, 1.82) is 0 Å². The Morgan fingerprint density at radius 2 is 1.88 bits per heavy atom. The van der Waals surface area contributed by atoms with Crippen molar-refractivity contribution >= 4 is 23.2 Å². The van der Waals surface area contributed by atoms with Crippen molar-refractivity contribution in [3.63, 3.8) is 0 Å². The monoisotopic (exact) mass is 539 g/mol. The third-order valence-electron chi connectivity index (χ3n) is 7.13. The van der Waals surface area contributed by atoms with Crippen LogP contribution in [-0.2, 0) is 17.8 Å². The van der Waals surface area contributed by atoms with Crippen molar-refractivity contribution in [1.82, 2.24) is 34.7 Å². The van der Waals surface area contributed by atoms with Gasteiger partial charge in [-0.3, -0.25) is 9.48 Å². The van der Waals surface area contributed by atoms with Gasteiger partial charge in [0, 0.05) is 43.5 Å². The summed E-state index contributed by atoms with van der Waals surface area (Å²) in [6, 6.07) is 13.5. The molecule has 12 heteroatoms. The van der Waals surface area contributed by atoms with Crippen LogP contribution in [0.2, 0.25) is 0 Å². The van der Waals surface area contributed by atoms with Crippen LogP contribution >= 0.6 is 0 Å². The van der Waals surface area contributed by atoms with Gasteiger partial charge in [-0.05, 0) is 48.5 Å². The molecule has 6 heterocycles. The normalized spacial score (nSPS) is 15.3. The first-order valence-electron chi connectivity index (χ1n) is 13.2. The molecule has 1 fully saturated rings. The number of morpholine rings is 1. The number of carbonyl (C=O) groups excluding carboxylic acids is 1. The lowest BCUT2D eigenvalue weighted by molar-refractivity contribution is 0.102. The van der Waals surface area contributed by atoms with Crippen molar-refractivity contribution in [2.24, 2.45) is 0 Å². The van der Waals surface area contributed by atoms with Gasteiger partial charge in [0.25, 0.3) is 5.91 Å². The first kappa shape index (κ1) is 24.4. The van der Waals surface area contributed by atoms with Crippen LogP contribution in [0.25, 0.3) is 28.2 Å². The number of hydrogen-bond acceptors (Lipinski definition) is 8. The van der Waals surface area contributed by atoms with Crippen LogP contribution in [-0.4, -0.2) is 68.1 Å². The van der Waals surface area contributed by atoms with Crippen LogP contribution in [0.5, 0.6) is 0 Å². The Morgan fingerprint density at radius 3 is 2.73 bits per heavy atom. The number of ether oxygens (including phenoxy) is 1. The van der Waals surface area contributed by atoms with Gasteiger partial charge in [-0.1, -0.05) is 0 Å². The number of fused-ring (bicyclic) bond motifs is 2. The zero-order chi connectivity index (χ0) is 27.1. The third kappa shape index (κ3) is 4.56. The number of hydrogen-bond donors (Lipinski definition) is 2. The molecular weight excluding hydrogens is 513 g/mol. The van der Waals surface area contributed by atoms with Crippen LogP contribution < -0.4 is 15.5 Å². The van der Waals surface area contributed by atoms with Crippen molar-refractivity contribution in [3.8, 4) is 22.5 Å². The van der Waals surface area contributed by atoms with Gasteiger partial charge in [-0.15, -0.1) is 0 Å². The number of anilines is 2. The van der Waals surface area contributed by atoms with E-state index in [1.54, 1.807) is 41.2 Å². The summed E-state index contributed by atoms with van der Waals surface area (Å²) in [5.74, 6) is 0.550. The number of pyridine rings is 1. The van der Waals surface area contributed by atoms with E-state index in [0.717, 1.165) is 54.5 Å². The fraction of sp³-hybridized carbons (Fsp3) is 0.250. The molecule has 4 aromatic heterocycles. The molecule has 7 rings (SSSR count). The summed E-state index contributed by atoms with van der Waals surface area (Å²) in [7, 11) is 0. The van der Waals surface area contributed by atoms with Gasteiger partial charge in [0.2, 0.25) is 0 Å². The highest BCUT2D eigenvalue weighted by atomic mass is 19.1. The summed E-state index contributed by atoms with van der Waals surface area (Å²) >= 11 is 0. The minimum Gasteiger partial charge on any atom is -0.378 e. The Morgan fingerprint density at radius 1 is 1.02 bits per heavy atom. The summed E-state index contributed by atoms with van der Waals surface area (Å²) in [6.07, 6.45) is 3.32. The Kier molecular flexibility index (Phi) is 6.17. The summed E-state index contributed by atoms with van der Waals surface area (Å²) < 4.78 is 22.7. The Balaban J connectivity index is 1.19. The molecule has 0 spiro atoms. The number of halogens is 1. The lowest BCUT2D eigenvalue weighted by Gasteiger charge is -2.27. The standard InChI is InChI=1S/C28H26FN9O2/c29-20-3-1-18(2-4-20)27-26(22-16-30-9-10-37(22)35-27)21-5-6-24-32-23(17-38(24)34-21)33-28(39)19-7-8-31-25(15-19)36-11-13-40-14-12-36/h1-8,15,17,30H,9-14,16H2,(H,33,39). The number of aromatic nitrogens is 6. The first-order valence-corrected chi connectivity index (χ1v) is 13.2. The van der Waals surface area contributed by atoms with E-state index >= 15 is 0 Å². The van der Waals surface area contributed by atoms with E-state index in [-0.39, 0.29) is 11.7 Å². The number of imidazole rings is 1. The van der Waals surface area contributed by atoms with Gasteiger partial charge in [0.1, 0.15) is 17.3 Å². The van der Waals surface area contributed by atoms with E-state index in [2.05, 4.69) is 25.5 Å². The van der Waals surface area contributed by atoms with E-state index in [1.165, 1.54) is 12.1 Å². The third-order valence-corrected chi connectivity index (χ3v) is 7.13. The van der Waals surface area contributed by atoms with Gasteiger partial charge >= 0.3 is 0 Å². The van der Waals surface area contributed by atoms with Crippen LogP contribution in [0.3, 0.4) is 0 Å². The Labute approximate surface area is 228 Å². The van der Waals surface area contributed by atoms with Gasteiger partial charge in [0.15, 0.2) is 11.5 Å². The predicted molar refractivity (Wildman–Crippen MR) is 147 cm³/mol. The molecule has 11 nitrogen and oxygen atoms in total. The maximum absolute atomic E-state index is 13.6. The molecule has 1 aromatic carbocycles. The lowest BCUT2D eigenvalue weighted by atomic mass is 10.0. The molecule has 0 bridgehead atoms. The Hall–Kier alpha value is -4.68. The average molecular weight is 540 g/mol. The van der Waals surface area contributed by atoms with Crippen LogP contribution in [0.1, 0.15) is 16.1 Å². The van der Waals surface area contributed by atoms with E-state index in [9.17, 15) is 9.18 Å². The summed E-state index contributed by atoms with van der Waals surface area (Å²) in [4.78, 5) is 24.1. The molecule has 0 saturated carbocycles. The number of amides is 1. The molecule has 2 aliphatic heterocycles. The van der Waals surface area contributed by atoms with E-state index < -0.39 is 0 Å². The lowest BCUT2D eigenvalue weighted by Crippen LogP contribution is -2.36. The second kappa shape index (κ2) is 10.1. The fourth-order valence-corrected chi connectivity index (χ4v) is 5.12. The molecule has 2 aliphatic rings. The number of rotatable bonds is 5. The van der Waals surface area contributed by atoms with Crippen LogP contribution in [0.15, 0.2) is 60.9 Å². The summed E-state index contributed by atoms with van der Waals surface area (Å²) in [5, 5.41) is 15.9. The van der Waals surface area contributed by atoms with Crippen molar-refractivity contribution in [2.45, 2.75) is 13.1 Å². The van der Waals surface area contributed by atoms with E-state index in [4.69, 9.17) is 14.9 Å². The van der Waals surface area contributed by atoms with Gasteiger partial charge in [0.05, 0.1) is 42.9 Å². The second-order valence-corrected chi connectivity index (χ2v) is 9.68. The molecule has 5 aromatic rings. The summed E-state index contributed by atoms with van der Waals surface area (Å²) in [6.45, 7) is 4.94. The predicted octanol–water partition coefficient (Wildman–Crippen LogP) is 2.99. The van der Waals surface area contributed by atoms with Crippen molar-refractivity contribution in [2.75, 3.05) is 43.1 Å². The largest absolute Gasteiger partial charge is 0.378 e. The molecule has 0 radical (unpaired) electrons. The molecule has 0 aliphatic carbocycles. The number of nitrogens with one attached hydrogen (secondary N) is 2. The number of benzene rings is 1. The maximum atomic E-state index is 13.6. The highest BCUT2D eigenvalue weighted by Crippen LogP contribution is 2.34. The second-order valence-electron chi connectivity index (χ2n) is 9.68. The Bertz CT molecular complexity index is 1710. The minimum absolute atomic E-state index is 0.282. The van der Waals surface area contributed by atoms with E-state index in [1.807, 2.05) is 16.8 Å². The molecule has 1 saturated heterocycles. The minimum atomic E-state index is -0.299. The highest BCUT2D eigenvalue weighted by molar-refractivity contribution is 6.04. The van der Waals surface area contributed by atoms with Crippen LogP contribution in [0.4, 0.5) is 16.0 Å². The first-order chi connectivity index (χ1) is 19.6. The molecule has 0 unspecified atom stereocenters. The van der Waals surface area contributed by atoms with Gasteiger partial charge < -0.3 is 20.3 Å². The highest BCUT2D eigenvalue weighted by Gasteiger charge is 2.24. The molecule has 2 N–H and O–H groups in total. The molecular formula is C28H26FN9O2. The zero-order valence-corrected chi connectivity index (χ0v) is 21.5. The zero-order valence-electron chi connectivity index (χ0n) is 21.5. The SMILES string of the molecule is O=C(Nc1cn2nc(-c3c(-c4ccc(F)cc4)nn4c3CNCC4)ccc2n1)c1ccnc(N2CCOCC2)c1. The van der Waals surface area contributed by atoms with E-state index in [0.29, 0.717) is 42.5 Å². The topological polar surface area (TPSA) is 114 Å². The fourth-order valence-electron chi connectivity index (χ4n) is 5.12. The maximum Gasteiger partial charge on any atom is 0.257 e. The number of nitrogens with zero attached hydrogens (tertiary/aromatic N) is 7. The quantitative estimate of drug-likeness (QED) is 0.351. The molecule has 1 amide bonds. The smallest absolute Gasteiger partial charge is 0.257 e. The number of carbonyl (C=O) groups is 1. The average Bonchev–Trinajstić information content (AvgIpc) is 3.58.